The van der Waals surface area contributed by atoms with Crippen LogP contribution in [0.4, 0.5) is 0 Å². The van der Waals surface area contributed by atoms with Gasteiger partial charge in [0.05, 0.1) is 18.8 Å². The molecule has 2 unspecified atom stereocenters. The summed E-state index contributed by atoms with van der Waals surface area (Å²) >= 11 is 0. The predicted octanol–water partition coefficient (Wildman–Crippen LogP) is 1.48. The van der Waals surface area contributed by atoms with Crippen LogP contribution in [0.25, 0.3) is 0 Å². The largest absolute Gasteiger partial charge is 0.394 e. The number of nitrogens with zero attached hydrogens (tertiary/aromatic N) is 2. The number of aliphatic hydroxyl groups excluding tert-OH is 1. The van der Waals surface area contributed by atoms with E-state index >= 15 is 0 Å². The topological polar surface area (TPSA) is 50.1 Å². The monoisotopic (exact) mass is 225 g/mol. The number of nitrogens with one attached hydrogen (secondary N) is 1. The summed E-state index contributed by atoms with van der Waals surface area (Å²) in [5, 5.41) is 17.0. The third kappa shape index (κ3) is 3.32. The Morgan fingerprint density at radius 2 is 2.19 bits per heavy atom. The molecule has 2 atom stereocenters. The Kier molecular flexibility index (Phi) is 4.96. The molecule has 0 aliphatic carbocycles. The van der Waals surface area contributed by atoms with Crippen LogP contribution >= 0.6 is 0 Å². The maximum Gasteiger partial charge on any atom is 0.0627 e. The summed E-state index contributed by atoms with van der Waals surface area (Å²) in [7, 11) is 1.89. The lowest BCUT2D eigenvalue weighted by Crippen LogP contribution is -2.37. The lowest BCUT2D eigenvalue weighted by atomic mass is 10.00. The van der Waals surface area contributed by atoms with Crippen LogP contribution < -0.4 is 5.32 Å². The number of rotatable bonds is 6. The van der Waals surface area contributed by atoms with Crippen molar-refractivity contribution < 1.29 is 5.11 Å². The molecular formula is C12H23N3O. The van der Waals surface area contributed by atoms with Crippen molar-refractivity contribution in [3.63, 3.8) is 0 Å². The van der Waals surface area contributed by atoms with Crippen LogP contribution in [0.1, 0.15) is 38.8 Å². The molecule has 0 aliphatic rings. The second kappa shape index (κ2) is 6.01. The van der Waals surface area contributed by atoms with Crippen molar-refractivity contribution in [1.29, 1.82) is 0 Å². The molecule has 1 rings (SSSR count). The zero-order chi connectivity index (χ0) is 12.1. The van der Waals surface area contributed by atoms with Crippen LogP contribution in [0.3, 0.4) is 0 Å². The molecule has 16 heavy (non-hydrogen) atoms. The highest BCUT2D eigenvalue weighted by molar-refractivity contribution is 5.10. The average Bonchev–Trinajstić information content (AvgIpc) is 2.66. The highest BCUT2D eigenvalue weighted by atomic mass is 16.3. The van der Waals surface area contributed by atoms with Crippen LogP contribution in [0, 0.1) is 5.92 Å². The fraction of sp³-hybridized carbons (Fsp3) is 0.750. The van der Waals surface area contributed by atoms with Gasteiger partial charge < -0.3 is 10.4 Å². The summed E-state index contributed by atoms with van der Waals surface area (Å²) in [6.07, 6.45) is 4.82. The highest BCUT2D eigenvalue weighted by Crippen LogP contribution is 2.15. The van der Waals surface area contributed by atoms with Gasteiger partial charge in [0, 0.05) is 24.8 Å². The molecule has 0 saturated carbocycles. The van der Waals surface area contributed by atoms with Gasteiger partial charge in [0.1, 0.15) is 0 Å². The Labute approximate surface area is 97.7 Å². The number of hydrogen-bond acceptors (Lipinski definition) is 3. The maximum absolute atomic E-state index is 9.42. The molecular weight excluding hydrogens is 202 g/mol. The van der Waals surface area contributed by atoms with Crippen molar-refractivity contribution in [2.45, 2.75) is 39.3 Å². The van der Waals surface area contributed by atoms with Crippen molar-refractivity contribution in [3.05, 3.63) is 18.0 Å². The van der Waals surface area contributed by atoms with Gasteiger partial charge in [-0.25, -0.2) is 0 Å². The Morgan fingerprint density at radius 3 is 2.56 bits per heavy atom. The fourth-order valence-electron chi connectivity index (χ4n) is 1.91. The molecule has 92 valence electrons. The van der Waals surface area contributed by atoms with Crippen molar-refractivity contribution in [2.75, 3.05) is 6.61 Å². The van der Waals surface area contributed by atoms with E-state index in [0.29, 0.717) is 12.0 Å². The quantitative estimate of drug-likeness (QED) is 0.771. The van der Waals surface area contributed by atoms with E-state index in [0.717, 1.165) is 12.0 Å². The molecule has 0 fully saturated rings. The molecule has 4 heteroatoms. The van der Waals surface area contributed by atoms with E-state index in [1.54, 1.807) is 10.9 Å². The highest BCUT2D eigenvalue weighted by Gasteiger charge is 2.18. The minimum absolute atomic E-state index is 0.0129. The van der Waals surface area contributed by atoms with E-state index in [1.165, 1.54) is 0 Å². The second-order valence-corrected chi connectivity index (χ2v) is 4.61. The lowest BCUT2D eigenvalue weighted by Gasteiger charge is -2.26. The number of aromatic nitrogens is 2. The SMILES string of the molecule is CCC(NC(CO)c1cnn(C)c1)C(C)C. The van der Waals surface area contributed by atoms with Gasteiger partial charge in [0.15, 0.2) is 0 Å². The predicted molar refractivity (Wildman–Crippen MR) is 65.1 cm³/mol. The summed E-state index contributed by atoms with van der Waals surface area (Å²) in [6.45, 7) is 6.65. The number of aliphatic hydroxyl groups is 1. The molecule has 0 radical (unpaired) electrons. The summed E-state index contributed by atoms with van der Waals surface area (Å²) in [5.74, 6) is 0.565. The molecule has 1 aromatic rings. The summed E-state index contributed by atoms with van der Waals surface area (Å²) in [6, 6.07) is 0.415. The molecule has 2 N–H and O–H groups in total. The van der Waals surface area contributed by atoms with Gasteiger partial charge >= 0.3 is 0 Å². The summed E-state index contributed by atoms with van der Waals surface area (Å²) < 4.78 is 1.76. The zero-order valence-electron chi connectivity index (χ0n) is 10.6. The fourth-order valence-corrected chi connectivity index (χ4v) is 1.91. The Morgan fingerprint density at radius 1 is 1.50 bits per heavy atom. The molecule has 1 heterocycles. The van der Waals surface area contributed by atoms with Gasteiger partial charge in [0.2, 0.25) is 0 Å². The standard InChI is InChI=1S/C12H23N3O/c1-5-11(9(2)3)14-12(8-16)10-6-13-15(4)7-10/h6-7,9,11-12,14,16H,5,8H2,1-4H3. The third-order valence-electron chi connectivity index (χ3n) is 2.97. The van der Waals surface area contributed by atoms with Gasteiger partial charge in [-0.3, -0.25) is 4.68 Å². The first-order chi connectivity index (χ1) is 7.58. The van der Waals surface area contributed by atoms with E-state index in [4.69, 9.17) is 0 Å². The van der Waals surface area contributed by atoms with Crippen LogP contribution in [-0.2, 0) is 7.05 Å². The van der Waals surface area contributed by atoms with Crippen molar-refractivity contribution >= 4 is 0 Å². The lowest BCUT2D eigenvalue weighted by molar-refractivity contribution is 0.219. The first kappa shape index (κ1) is 13.2. The van der Waals surface area contributed by atoms with E-state index in [2.05, 4.69) is 31.2 Å². The van der Waals surface area contributed by atoms with Gasteiger partial charge in [-0.1, -0.05) is 20.8 Å². The van der Waals surface area contributed by atoms with Gasteiger partial charge in [0.25, 0.3) is 0 Å². The first-order valence-corrected chi connectivity index (χ1v) is 5.93. The van der Waals surface area contributed by atoms with Crippen LogP contribution in [0.5, 0.6) is 0 Å². The van der Waals surface area contributed by atoms with E-state index < -0.39 is 0 Å². The minimum atomic E-state index is -0.0129. The smallest absolute Gasteiger partial charge is 0.0627 e. The molecule has 4 nitrogen and oxygen atoms in total. The summed E-state index contributed by atoms with van der Waals surface area (Å²) in [5.41, 5.74) is 1.05. The van der Waals surface area contributed by atoms with E-state index in [1.807, 2.05) is 13.2 Å². The van der Waals surface area contributed by atoms with Gasteiger partial charge in [-0.2, -0.15) is 5.10 Å². The molecule has 0 spiro atoms. The van der Waals surface area contributed by atoms with Crippen LogP contribution in [0.2, 0.25) is 0 Å². The van der Waals surface area contributed by atoms with E-state index in [-0.39, 0.29) is 12.6 Å². The van der Waals surface area contributed by atoms with E-state index in [9.17, 15) is 5.11 Å². The third-order valence-corrected chi connectivity index (χ3v) is 2.97. The second-order valence-electron chi connectivity index (χ2n) is 4.61. The summed E-state index contributed by atoms with van der Waals surface area (Å²) in [4.78, 5) is 0. The molecule has 0 aliphatic heterocycles. The van der Waals surface area contributed by atoms with Crippen LogP contribution in [0.15, 0.2) is 12.4 Å². The number of aryl methyl sites for hydroxylation is 1. The van der Waals surface area contributed by atoms with Crippen molar-refractivity contribution in [3.8, 4) is 0 Å². The molecule has 0 bridgehead atoms. The molecule has 0 aromatic carbocycles. The van der Waals surface area contributed by atoms with Gasteiger partial charge in [-0.05, 0) is 12.3 Å². The van der Waals surface area contributed by atoms with Crippen molar-refractivity contribution in [1.82, 2.24) is 15.1 Å². The molecule has 0 amide bonds. The average molecular weight is 225 g/mol. The molecule has 1 aromatic heterocycles. The maximum atomic E-state index is 9.42. The molecule has 0 saturated heterocycles. The Hall–Kier alpha value is -0.870. The van der Waals surface area contributed by atoms with Gasteiger partial charge in [-0.15, -0.1) is 0 Å². The minimum Gasteiger partial charge on any atom is -0.394 e. The zero-order valence-corrected chi connectivity index (χ0v) is 10.6. The number of hydrogen-bond donors (Lipinski definition) is 2. The van der Waals surface area contributed by atoms with Crippen molar-refractivity contribution in [2.24, 2.45) is 13.0 Å². The normalized spacial score (nSPS) is 15.4. The Bertz CT molecular complexity index is 309. The Balaban J connectivity index is 2.68. The van der Waals surface area contributed by atoms with Crippen LogP contribution in [-0.4, -0.2) is 27.5 Å². The first-order valence-electron chi connectivity index (χ1n) is 5.93.